The van der Waals surface area contributed by atoms with Gasteiger partial charge in [0.25, 0.3) is 0 Å². The second kappa shape index (κ2) is 9.34. The first-order valence-electron chi connectivity index (χ1n) is 7.35. The normalized spacial score (nSPS) is 10.3. The molecule has 2 aromatic rings. The van der Waals surface area contributed by atoms with Gasteiger partial charge in [-0.2, -0.15) is 0 Å². The van der Waals surface area contributed by atoms with Crippen molar-refractivity contribution < 1.29 is 9.47 Å². The Morgan fingerprint density at radius 1 is 0.960 bits per heavy atom. The Balaban J connectivity index is 1.90. The van der Waals surface area contributed by atoms with Gasteiger partial charge in [-0.25, -0.2) is 0 Å². The standard InChI is InChI=1S/C17H17Cl3N2O2S/c1-23-15-4-3-10(7-16(15)24-2)5-6-21-17(25)22-14-9-12(19)11(18)8-13(14)20/h3-4,7-9H,5-6H2,1-2H3,(H2,21,22,25). The topological polar surface area (TPSA) is 42.5 Å². The van der Waals surface area contributed by atoms with Gasteiger partial charge in [-0.1, -0.05) is 40.9 Å². The molecule has 0 aliphatic heterocycles. The lowest BCUT2D eigenvalue weighted by Gasteiger charge is -2.13. The van der Waals surface area contributed by atoms with Gasteiger partial charge in [0, 0.05) is 6.54 Å². The Hall–Kier alpha value is -1.40. The molecule has 25 heavy (non-hydrogen) atoms. The number of hydrogen-bond acceptors (Lipinski definition) is 3. The first-order chi connectivity index (χ1) is 11.9. The summed E-state index contributed by atoms with van der Waals surface area (Å²) in [7, 11) is 3.22. The number of ether oxygens (including phenoxy) is 2. The quantitative estimate of drug-likeness (QED) is 0.498. The average molecular weight is 420 g/mol. The van der Waals surface area contributed by atoms with Crippen molar-refractivity contribution >= 4 is 57.8 Å². The van der Waals surface area contributed by atoms with Crippen molar-refractivity contribution in [1.82, 2.24) is 5.32 Å². The molecule has 0 atom stereocenters. The molecule has 8 heteroatoms. The molecule has 0 spiro atoms. The Labute approximate surface area is 167 Å². The summed E-state index contributed by atoms with van der Waals surface area (Å²) in [5.74, 6) is 1.40. The molecule has 2 aromatic carbocycles. The number of thiocarbonyl (C=S) groups is 1. The van der Waals surface area contributed by atoms with Crippen molar-refractivity contribution in [2.45, 2.75) is 6.42 Å². The van der Waals surface area contributed by atoms with Gasteiger partial charge in [-0.15, -0.1) is 0 Å². The smallest absolute Gasteiger partial charge is 0.170 e. The van der Waals surface area contributed by atoms with Crippen LogP contribution in [0.1, 0.15) is 5.56 Å². The number of hydrogen-bond donors (Lipinski definition) is 2. The highest BCUT2D eigenvalue weighted by Crippen LogP contribution is 2.32. The van der Waals surface area contributed by atoms with E-state index in [-0.39, 0.29) is 0 Å². The van der Waals surface area contributed by atoms with E-state index < -0.39 is 0 Å². The Kier molecular flexibility index (Phi) is 7.44. The second-order valence-corrected chi connectivity index (χ2v) is 6.70. The number of methoxy groups -OCH3 is 2. The fourth-order valence-electron chi connectivity index (χ4n) is 2.14. The van der Waals surface area contributed by atoms with Crippen molar-refractivity contribution in [3.05, 3.63) is 51.0 Å². The fraction of sp³-hybridized carbons (Fsp3) is 0.235. The van der Waals surface area contributed by atoms with E-state index >= 15 is 0 Å². The highest BCUT2D eigenvalue weighted by Gasteiger charge is 2.08. The summed E-state index contributed by atoms with van der Waals surface area (Å²) in [6.07, 6.45) is 0.761. The van der Waals surface area contributed by atoms with Crippen molar-refractivity contribution in [2.75, 3.05) is 26.1 Å². The Morgan fingerprint density at radius 3 is 2.32 bits per heavy atom. The molecule has 0 aromatic heterocycles. The molecule has 4 nitrogen and oxygen atoms in total. The van der Waals surface area contributed by atoms with Crippen LogP contribution in [0.4, 0.5) is 5.69 Å². The minimum Gasteiger partial charge on any atom is -0.493 e. The lowest BCUT2D eigenvalue weighted by molar-refractivity contribution is 0.354. The van der Waals surface area contributed by atoms with Gasteiger partial charge < -0.3 is 20.1 Å². The predicted molar refractivity (Wildman–Crippen MR) is 109 cm³/mol. The number of benzene rings is 2. The van der Waals surface area contributed by atoms with Crippen molar-refractivity contribution in [2.24, 2.45) is 0 Å². The molecular weight excluding hydrogens is 403 g/mol. The molecular formula is C17H17Cl3N2O2S. The van der Waals surface area contributed by atoms with Crippen molar-refractivity contribution in [3.63, 3.8) is 0 Å². The molecule has 0 aliphatic carbocycles. The van der Waals surface area contributed by atoms with Crippen LogP contribution in [0.2, 0.25) is 15.1 Å². The van der Waals surface area contributed by atoms with Crippen LogP contribution >= 0.6 is 47.0 Å². The monoisotopic (exact) mass is 418 g/mol. The molecule has 0 saturated heterocycles. The van der Waals surface area contributed by atoms with Gasteiger partial charge in [0.1, 0.15) is 0 Å². The zero-order valence-electron chi connectivity index (χ0n) is 13.7. The van der Waals surface area contributed by atoms with Gasteiger partial charge in [-0.05, 0) is 48.5 Å². The second-order valence-electron chi connectivity index (χ2n) is 5.07. The molecule has 2 rings (SSSR count). The maximum Gasteiger partial charge on any atom is 0.170 e. The molecule has 0 bridgehead atoms. The summed E-state index contributed by atoms with van der Waals surface area (Å²) in [5.41, 5.74) is 1.69. The molecule has 2 N–H and O–H groups in total. The third-order valence-corrected chi connectivity index (χ3v) is 4.69. The third-order valence-electron chi connectivity index (χ3n) is 3.41. The largest absolute Gasteiger partial charge is 0.493 e. The summed E-state index contributed by atoms with van der Waals surface area (Å²) in [6, 6.07) is 9.00. The Bertz CT molecular complexity index is 772. The summed E-state index contributed by atoms with van der Waals surface area (Å²) in [6.45, 7) is 0.639. The van der Waals surface area contributed by atoms with E-state index in [1.807, 2.05) is 18.2 Å². The van der Waals surface area contributed by atoms with Crippen LogP contribution in [0.5, 0.6) is 11.5 Å². The zero-order valence-corrected chi connectivity index (χ0v) is 16.7. The van der Waals surface area contributed by atoms with E-state index in [2.05, 4.69) is 10.6 Å². The highest BCUT2D eigenvalue weighted by atomic mass is 35.5. The van der Waals surface area contributed by atoms with Crippen LogP contribution in [0, 0.1) is 0 Å². The van der Waals surface area contributed by atoms with E-state index in [9.17, 15) is 0 Å². The van der Waals surface area contributed by atoms with E-state index in [1.165, 1.54) is 0 Å². The van der Waals surface area contributed by atoms with Crippen LogP contribution < -0.4 is 20.1 Å². The van der Waals surface area contributed by atoms with E-state index in [0.29, 0.717) is 43.9 Å². The molecule has 0 aliphatic rings. The van der Waals surface area contributed by atoms with Crippen LogP contribution in [-0.4, -0.2) is 25.9 Å². The molecule has 0 fully saturated rings. The zero-order chi connectivity index (χ0) is 18.4. The minimum atomic E-state index is 0.393. The van der Waals surface area contributed by atoms with Gasteiger partial charge in [0.2, 0.25) is 0 Å². The maximum atomic E-state index is 6.12. The predicted octanol–water partition coefficient (Wildman–Crippen LogP) is 5.19. The SMILES string of the molecule is COc1ccc(CCNC(=S)Nc2cc(Cl)c(Cl)cc2Cl)cc1OC. The van der Waals surface area contributed by atoms with Crippen LogP contribution in [0.25, 0.3) is 0 Å². The molecule has 134 valence electrons. The van der Waals surface area contributed by atoms with Gasteiger partial charge in [-0.3, -0.25) is 0 Å². The molecule has 0 unspecified atom stereocenters. The molecule has 0 amide bonds. The van der Waals surface area contributed by atoms with Crippen molar-refractivity contribution in [3.8, 4) is 11.5 Å². The Morgan fingerprint density at radius 2 is 1.64 bits per heavy atom. The summed E-state index contributed by atoms with van der Waals surface area (Å²) in [4.78, 5) is 0. The van der Waals surface area contributed by atoms with Gasteiger partial charge in [0.15, 0.2) is 16.6 Å². The third kappa shape index (κ3) is 5.54. The summed E-state index contributed by atoms with van der Waals surface area (Å²) < 4.78 is 10.5. The van der Waals surface area contributed by atoms with Crippen molar-refractivity contribution in [1.29, 1.82) is 0 Å². The lowest BCUT2D eigenvalue weighted by atomic mass is 10.1. The van der Waals surface area contributed by atoms with Crippen LogP contribution in [0.3, 0.4) is 0 Å². The molecule has 0 saturated carbocycles. The highest BCUT2D eigenvalue weighted by molar-refractivity contribution is 7.80. The maximum absolute atomic E-state index is 6.12. The van der Waals surface area contributed by atoms with E-state index in [4.69, 9.17) is 56.5 Å². The number of halogens is 3. The summed E-state index contributed by atoms with van der Waals surface area (Å²) in [5, 5.41) is 7.81. The van der Waals surface area contributed by atoms with Crippen LogP contribution in [0.15, 0.2) is 30.3 Å². The number of rotatable bonds is 6. The summed E-state index contributed by atoms with van der Waals surface area (Å²) >= 11 is 23.3. The molecule has 0 radical (unpaired) electrons. The minimum absolute atomic E-state index is 0.393. The lowest BCUT2D eigenvalue weighted by Crippen LogP contribution is -2.30. The fourth-order valence-corrected chi connectivity index (χ4v) is 2.95. The van der Waals surface area contributed by atoms with Gasteiger partial charge >= 0.3 is 0 Å². The number of nitrogens with one attached hydrogen (secondary N) is 2. The first kappa shape index (κ1) is 19.9. The average Bonchev–Trinajstić information content (AvgIpc) is 2.59. The van der Waals surface area contributed by atoms with Crippen LogP contribution in [-0.2, 0) is 6.42 Å². The number of anilines is 1. The first-order valence-corrected chi connectivity index (χ1v) is 8.89. The van der Waals surface area contributed by atoms with E-state index in [0.717, 1.165) is 12.0 Å². The molecule has 0 heterocycles. The van der Waals surface area contributed by atoms with Gasteiger partial charge in [0.05, 0.1) is 35.0 Å². The van der Waals surface area contributed by atoms with E-state index in [1.54, 1.807) is 26.4 Å².